The Morgan fingerprint density at radius 3 is 1.93 bits per heavy atom. The molecule has 12 heteroatoms. The van der Waals surface area contributed by atoms with E-state index in [0.29, 0.717) is 16.7 Å². The number of hydrogen-bond acceptors (Lipinski definition) is 11. The third-order valence-electron chi connectivity index (χ3n) is 7.23. The molecular formula is C32H27N5O7. The number of ether oxygens (including phenoxy) is 4. The Morgan fingerprint density at radius 1 is 0.795 bits per heavy atom. The van der Waals surface area contributed by atoms with Crippen LogP contribution in [0.15, 0.2) is 104 Å². The van der Waals surface area contributed by atoms with E-state index < -0.39 is 41.9 Å². The van der Waals surface area contributed by atoms with E-state index in [1.54, 1.807) is 97.9 Å². The highest BCUT2D eigenvalue weighted by Gasteiger charge is 2.59. The molecule has 4 atom stereocenters. The molecule has 1 saturated heterocycles. The average Bonchev–Trinajstić information content (AvgIpc) is 3.61. The van der Waals surface area contributed by atoms with Gasteiger partial charge < -0.3 is 24.7 Å². The Balaban J connectivity index is 1.41. The molecule has 12 nitrogen and oxygen atoms in total. The normalized spacial score (nSPS) is 21.1. The third kappa shape index (κ3) is 5.57. The van der Waals surface area contributed by atoms with Crippen LogP contribution >= 0.6 is 0 Å². The molecule has 0 spiro atoms. The predicted octanol–water partition coefficient (Wildman–Crippen LogP) is 4.00. The zero-order chi connectivity index (χ0) is 30.7. The molecule has 2 N–H and O–H groups in total. The number of rotatable bonds is 8. The molecule has 5 aromatic rings. The van der Waals surface area contributed by atoms with Gasteiger partial charge in [0.25, 0.3) is 0 Å². The number of carbonyl (C=O) groups is 3. The van der Waals surface area contributed by atoms with Gasteiger partial charge in [-0.3, -0.25) is 4.57 Å². The molecule has 0 bridgehead atoms. The van der Waals surface area contributed by atoms with Gasteiger partial charge in [-0.15, -0.1) is 0 Å². The summed E-state index contributed by atoms with van der Waals surface area (Å²) in [4.78, 5) is 52.4. The highest BCUT2D eigenvalue weighted by molar-refractivity contribution is 5.91. The second kappa shape index (κ2) is 11.9. The highest BCUT2D eigenvalue weighted by Crippen LogP contribution is 2.43. The summed E-state index contributed by atoms with van der Waals surface area (Å²) in [5, 5.41) is 0. The van der Waals surface area contributed by atoms with Gasteiger partial charge in [-0.05, 0) is 43.3 Å². The average molecular weight is 594 g/mol. The number of nitrogens with zero attached hydrogens (tertiary/aromatic N) is 4. The molecule has 1 fully saturated rings. The lowest BCUT2D eigenvalue weighted by Crippen LogP contribution is -2.48. The molecule has 0 aliphatic carbocycles. The van der Waals surface area contributed by atoms with Crippen molar-refractivity contribution >= 4 is 34.9 Å². The Morgan fingerprint density at radius 2 is 1.34 bits per heavy atom. The van der Waals surface area contributed by atoms with Gasteiger partial charge in [-0.2, -0.15) is 0 Å². The minimum absolute atomic E-state index is 0.135. The van der Waals surface area contributed by atoms with Crippen LogP contribution in [0, 0.1) is 0 Å². The topological polar surface area (TPSA) is 158 Å². The molecule has 0 radical (unpaired) electrons. The highest BCUT2D eigenvalue weighted by atomic mass is 16.7. The maximum atomic E-state index is 13.4. The van der Waals surface area contributed by atoms with E-state index in [4.69, 9.17) is 24.7 Å². The molecule has 1 unspecified atom stereocenters. The first-order valence-corrected chi connectivity index (χ1v) is 13.7. The van der Waals surface area contributed by atoms with Gasteiger partial charge in [-0.1, -0.05) is 54.6 Å². The fraction of sp³-hybridized carbons (Fsp3) is 0.188. The minimum atomic E-state index is -1.50. The molecule has 1 aliphatic heterocycles. The zero-order valence-electron chi connectivity index (χ0n) is 23.5. The fourth-order valence-corrected chi connectivity index (χ4v) is 5.00. The first-order valence-electron chi connectivity index (χ1n) is 13.7. The number of benzene rings is 3. The lowest BCUT2D eigenvalue weighted by atomic mass is 9.97. The van der Waals surface area contributed by atoms with Crippen molar-refractivity contribution in [2.75, 3.05) is 12.3 Å². The monoisotopic (exact) mass is 593 g/mol. The summed E-state index contributed by atoms with van der Waals surface area (Å²) in [6.45, 7) is 1.26. The summed E-state index contributed by atoms with van der Waals surface area (Å²) >= 11 is 0. The number of nitrogens with two attached hydrogens (primary N) is 1. The minimum Gasteiger partial charge on any atom is -0.459 e. The van der Waals surface area contributed by atoms with Gasteiger partial charge in [-0.25, -0.2) is 29.3 Å². The Bertz CT molecular complexity index is 1800. The van der Waals surface area contributed by atoms with E-state index in [0.717, 1.165) is 0 Å². The molecular weight excluding hydrogens is 566 g/mol. The van der Waals surface area contributed by atoms with Crippen LogP contribution in [0.2, 0.25) is 0 Å². The zero-order valence-corrected chi connectivity index (χ0v) is 23.5. The van der Waals surface area contributed by atoms with E-state index in [2.05, 4.69) is 15.0 Å². The maximum Gasteiger partial charge on any atom is 0.338 e. The number of imidazole rings is 1. The number of carbonyl (C=O) groups excluding carboxylic acids is 3. The summed E-state index contributed by atoms with van der Waals surface area (Å²) in [6.07, 6.45) is -0.946. The van der Waals surface area contributed by atoms with Crippen molar-refractivity contribution in [2.24, 2.45) is 0 Å². The van der Waals surface area contributed by atoms with Crippen LogP contribution in [0.1, 0.15) is 44.2 Å². The standard InChI is InChI=1S/C32H27N5O7/c1-32(17-41-29(38)20-11-5-2-6-12-20)25(43-31(40)22-15-9-4-10-16-22)24(42-30(39)21-13-7-3-8-14-21)28(44-32)37-19-36-23-26(33)34-18-35-27(23)37/h2-16,18-19,24-25,28H,17H2,1H3,(H2,33,34,35)/t24-,25?,28+,32+/m0/s1. The Labute approximate surface area is 251 Å². The molecule has 3 heterocycles. The summed E-state index contributed by atoms with van der Waals surface area (Å²) < 4.78 is 25.8. The molecule has 2 aromatic heterocycles. The van der Waals surface area contributed by atoms with E-state index in [1.807, 2.05) is 0 Å². The van der Waals surface area contributed by atoms with Crippen molar-refractivity contribution in [2.45, 2.75) is 31.0 Å². The van der Waals surface area contributed by atoms with Crippen molar-refractivity contribution in [1.29, 1.82) is 0 Å². The number of aromatic nitrogens is 4. The lowest BCUT2D eigenvalue weighted by Gasteiger charge is -2.30. The Kier molecular flexibility index (Phi) is 7.73. The van der Waals surface area contributed by atoms with Crippen molar-refractivity contribution < 1.29 is 33.3 Å². The van der Waals surface area contributed by atoms with Gasteiger partial charge >= 0.3 is 17.9 Å². The first kappa shape index (κ1) is 28.5. The SMILES string of the molecule is C[C@]1(COC(=O)c2ccccc2)O[C@@H](n2cnc3c(N)ncnc32)[C@@H](OC(=O)c2ccccc2)C1OC(=O)c1ccccc1. The number of hydrogen-bond donors (Lipinski definition) is 1. The molecule has 222 valence electrons. The molecule has 44 heavy (non-hydrogen) atoms. The van der Waals surface area contributed by atoms with E-state index in [9.17, 15) is 14.4 Å². The fourth-order valence-electron chi connectivity index (χ4n) is 5.00. The van der Waals surface area contributed by atoms with E-state index in [-0.39, 0.29) is 23.6 Å². The third-order valence-corrected chi connectivity index (χ3v) is 7.23. The van der Waals surface area contributed by atoms with Crippen LogP contribution < -0.4 is 5.73 Å². The molecule has 1 aliphatic rings. The van der Waals surface area contributed by atoms with E-state index >= 15 is 0 Å². The quantitative estimate of drug-likeness (QED) is 0.205. The van der Waals surface area contributed by atoms with Crippen LogP contribution in [0.5, 0.6) is 0 Å². The smallest absolute Gasteiger partial charge is 0.338 e. The van der Waals surface area contributed by atoms with Crippen molar-refractivity contribution in [3.63, 3.8) is 0 Å². The van der Waals surface area contributed by atoms with E-state index in [1.165, 1.54) is 17.2 Å². The van der Waals surface area contributed by atoms with Gasteiger partial charge in [0.05, 0.1) is 23.0 Å². The van der Waals surface area contributed by atoms with Crippen molar-refractivity contribution in [3.8, 4) is 0 Å². The summed E-state index contributed by atoms with van der Waals surface area (Å²) in [7, 11) is 0. The number of esters is 3. The summed E-state index contributed by atoms with van der Waals surface area (Å²) in [5.74, 6) is -1.85. The Hall–Kier alpha value is -5.62. The number of anilines is 1. The van der Waals surface area contributed by atoms with Crippen LogP contribution in [0.3, 0.4) is 0 Å². The molecule has 6 rings (SSSR count). The van der Waals surface area contributed by atoms with Crippen LogP contribution in [0.4, 0.5) is 5.82 Å². The molecule has 0 amide bonds. The predicted molar refractivity (Wildman–Crippen MR) is 156 cm³/mol. The van der Waals surface area contributed by atoms with Crippen LogP contribution in [0.25, 0.3) is 11.2 Å². The van der Waals surface area contributed by atoms with Gasteiger partial charge in [0.15, 0.2) is 29.9 Å². The second-order valence-electron chi connectivity index (χ2n) is 10.3. The van der Waals surface area contributed by atoms with Crippen LogP contribution in [-0.4, -0.2) is 61.8 Å². The van der Waals surface area contributed by atoms with Gasteiger partial charge in [0.2, 0.25) is 0 Å². The maximum absolute atomic E-state index is 13.4. The van der Waals surface area contributed by atoms with Crippen molar-refractivity contribution in [3.05, 3.63) is 120 Å². The van der Waals surface area contributed by atoms with Gasteiger partial charge in [0.1, 0.15) is 24.1 Å². The van der Waals surface area contributed by atoms with Crippen LogP contribution in [-0.2, 0) is 18.9 Å². The van der Waals surface area contributed by atoms with Crippen molar-refractivity contribution in [1.82, 2.24) is 19.5 Å². The second-order valence-corrected chi connectivity index (χ2v) is 10.3. The summed E-state index contributed by atoms with van der Waals surface area (Å²) in [6, 6.07) is 25.1. The molecule has 0 saturated carbocycles. The van der Waals surface area contributed by atoms with Gasteiger partial charge in [0, 0.05) is 0 Å². The largest absolute Gasteiger partial charge is 0.459 e. The lowest BCUT2D eigenvalue weighted by molar-refractivity contribution is -0.120. The first-order chi connectivity index (χ1) is 21.3. The summed E-state index contributed by atoms with van der Waals surface area (Å²) in [5.41, 5.74) is 5.97. The number of nitrogen functional groups attached to an aromatic ring is 1. The molecule has 3 aromatic carbocycles. The number of fused-ring (bicyclic) bond motifs is 1.